The molecule has 0 radical (unpaired) electrons. The van der Waals surface area contributed by atoms with Crippen LogP contribution >= 0.6 is 0 Å². The zero-order chi connectivity index (χ0) is 18.6. The fourth-order valence-electron chi connectivity index (χ4n) is 1.08. The Hall–Kier alpha value is -0.245. The summed E-state index contributed by atoms with van der Waals surface area (Å²) in [6, 6.07) is 0. The molecule has 0 amide bonds. The molecule has 0 heterocycles. The molecule has 0 aromatic heterocycles. The van der Waals surface area contributed by atoms with Crippen LogP contribution in [0.15, 0.2) is 0 Å². The molecule has 0 aliphatic carbocycles. The third kappa shape index (κ3) is 14.7. The largest absolute Gasteiger partial charge is 0.867 e. The van der Waals surface area contributed by atoms with Gasteiger partial charge in [-0.2, -0.15) is 0 Å². The van der Waals surface area contributed by atoms with Gasteiger partial charge in [0.2, 0.25) is 0 Å². The van der Waals surface area contributed by atoms with Gasteiger partial charge in [-0.3, -0.25) is 0 Å². The fourth-order valence-corrected chi connectivity index (χ4v) is 1.08. The fraction of sp³-hybridized carbons (Fsp3) is 1.00. The monoisotopic (exact) mass is 326 g/mol. The highest BCUT2D eigenvalue weighted by Crippen LogP contribution is 2.05. The van der Waals surface area contributed by atoms with E-state index in [4.69, 9.17) is 19.5 Å². The van der Waals surface area contributed by atoms with Gasteiger partial charge in [-0.15, -0.1) is 0 Å². The van der Waals surface area contributed by atoms with Crippen LogP contribution in [0.3, 0.4) is 0 Å². The van der Waals surface area contributed by atoms with E-state index in [9.17, 15) is 4.32 Å². The molecule has 0 rings (SSSR count). The molecule has 2 unspecified atom stereocenters. The third-order valence-corrected chi connectivity index (χ3v) is 4.28. The van der Waals surface area contributed by atoms with E-state index in [2.05, 4.69) is 55.9 Å². The van der Waals surface area contributed by atoms with Crippen molar-refractivity contribution >= 4 is 7.40 Å². The van der Waals surface area contributed by atoms with E-state index >= 15 is 0 Å². The lowest BCUT2D eigenvalue weighted by molar-refractivity contribution is -0.933. The maximum atomic E-state index is 9.89. The predicted octanol–water partition coefficient (Wildman–Crippen LogP) is -0.188. The second-order valence-electron chi connectivity index (χ2n) is 6.13. The smallest absolute Gasteiger partial charge is 0.189 e. The van der Waals surface area contributed by atoms with Gasteiger partial charge in [-0.1, -0.05) is 0 Å². The van der Waals surface area contributed by atoms with Gasteiger partial charge in [-0.05, 0) is 13.8 Å². The normalized spacial score (nSPS) is 14.0. The van der Waals surface area contributed by atoms with Crippen LogP contribution in [-0.4, -0.2) is 84.3 Å². The van der Waals surface area contributed by atoms with Crippen molar-refractivity contribution in [3.63, 3.8) is 0 Å². The van der Waals surface area contributed by atoms with E-state index in [1.54, 1.807) is 14.2 Å². The van der Waals surface area contributed by atoms with Crippen molar-refractivity contribution < 1.29 is 32.8 Å². The predicted molar refractivity (Wildman–Crippen MR) is 85.1 cm³/mol. The molecule has 8 heteroatoms. The molecular formula is C14H36BFN2O4. The third-order valence-electron chi connectivity index (χ3n) is 4.28. The van der Waals surface area contributed by atoms with E-state index in [1.165, 1.54) is 0 Å². The van der Waals surface area contributed by atoms with Crippen molar-refractivity contribution in [2.45, 2.75) is 40.2 Å². The Bertz CT molecular complexity index is 232. The minimum Gasteiger partial charge on any atom is -0.867 e. The molecule has 0 spiro atoms. The van der Waals surface area contributed by atoms with Gasteiger partial charge >= 0.3 is 0 Å². The number of ether oxygens (including phenoxy) is 2. The van der Waals surface area contributed by atoms with Crippen LogP contribution in [0.25, 0.3) is 0 Å². The number of quaternary nitrogens is 2. The Morgan fingerprint density at radius 2 is 1.05 bits per heavy atom. The Kier molecular flexibility index (Phi) is 16.0. The van der Waals surface area contributed by atoms with Crippen molar-refractivity contribution in [3.8, 4) is 0 Å². The number of nitrogens with zero attached hydrogens (tertiary/aromatic N) is 2. The molecule has 0 N–H and O–H groups in total. The Balaban J connectivity index is -0.000000266. The summed E-state index contributed by atoms with van der Waals surface area (Å²) in [7, 11) is 8.98. The molecule has 0 saturated carbocycles. The highest BCUT2D eigenvalue weighted by Gasteiger charge is 2.20. The summed E-state index contributed by atoms with van der Waals surface area (Å²) < 4.78 is 22.1. The van der Waals surface area contributed by atoms with E-state index < -0.39 is 7.40 Å². The summed E-state index contributed by atoms with van der Waals surface area (Å²) >= 11 is 0. The lowest BCUT2D eigenvalue weighted by Crippen LogP contribution is -2.47. The Morgan fingerprint density at radius 1 is 0.864 bits per heavy atom. The average Bonchev–Trinajstić information content (AvgIpc) is 2.45. The maximum Gasteiger partial charge on any atom is 0.189 e. The molecule has 136 valence electrons. The molecule has 0 aromatic rings. The number of methoxy groups -OCH3 is 2. The first-order valence-corrected chi connectivity index (χ1v) is 7.48. The van der Waals surface area contributed by atoms with Gasteiger partial charge in [0.05, 0.1) is 41.3 Å². The van der Waals surface area contributed by atoms with Crippen LogP contribution in [0.2, 0.25) is 0 Å². The van der Waals surface area contributed by atoms with Crippen LogP contribution in [0.1, 0.15) is 27.7 Å². The molecule has 0 fully saturated rings. The van der Waals surface area contributed by atoms with Crippen molar-refractivity contribution in [1.82, 2.24) is 0 Å². The first-order valence-electron chi connectivity index (χ1n) is 7.48. The molecule has 0 aliphatic heterocycles. The Labute approximate surface area is 136 Å². The number of rotatable bonds is 6. The first kappa shape index (κ1) is 26.6. The maximum absolute atomic E-state index is 9.89. The topological polar surface area (TPSA) is 64.6 Å². The minimum absolute atomic E-state index is 0.301. The molecule has 0 saturated heterocycles. The second kappa shape index (κ2) is 13.2. The van der Waals surface area contributed by atoms with Crippen molar-refractivity contribution in [1.29, 1.82) is 0 Å². The number of hydrogen-bond donors (Lipinski definition) is 0. The average molecular weight is 326 g/mol. The quantitative estimate of drug-likeness (QED) is 0.386. The van der Waals surface area contributed by atoms with Gasteiger partial charge in [0, 0.05) is 28.1 Å². The minimum atomic E-state index is -3.17. The molecule has 6 nitrogen and oxygen atoms in total. The zero-order valence-corrected chi connectivity index (χ0v) is 16.1. The van der Waals surface area contributed by atoms with Crippen LogP contribution in [0, 0.1) is 0 Å². The van der Waals surface area contributed by atoms with Gasteiger partial charge in [-0.25, -0.2) is 0 Å². The summed E-state index contributed by atoms with van der Waals surface area (Å²) in [6.07, 6.45) is 0.602. The van der Waals surface area contributed by atoms with E-state index in [-0.39, 0.29) is 0 Å². The van der Waals surface area contributed by atoms with E-state index in [0.717, 1.165) is 22.1 Å². The Morgan fingerprint density at radius 3 is 1.09 bits per heavy atom. The van der Waals surface area contributed by atoms with Gasteiger partial charge < -0.3 is 32.8 Å². The zero-order valence-electron chi connectivity index (χ0n) is 16.1. The van der Waals surface area contributed by atoms with E-state index in [0.29, 0.717) is 12.5 Å². The molecule has 22 heavy (non-hydrogen) atoms. The van der Waals surface area contributed by atoms with Crippen molar-refractivity contribution in [2.24, 2.45) is 0 Å². The number of halogens is 1. The lowest BCUT2D eigenvalue weighted by Gasteiger charge is -2.33. The second-order valence-corrected chi connectivity index (χ2v) is 6.13. The summed E-state index contributed by atoms with van der Waals surface area (Å²) in [4.78, 5) is 0. The highest BCUT2D eigenvalue weighted by atomic mass is 19.1. The molecule has 0 aromatic carbocycles. The van der Waals surface area contributed by atoms with E-state index in [1.807, 2.05) is 0 Å². The van der Waals surface area contributed by atoms with Gasteiger partial charge in [0.1, 0.15) is 7.40 Å². The summed E-state index contributed by atoms with van der Waals surface area (Å²) in [5.41, 5.74) is 0. The molecule has 2 atom stereocenters. The SMILES string of the molecule is CC[N+](C)(C)C(C)OC.CC[N+](C)(C)C(C)OC.[O-]B([O-])F. The molecular weight excluding hydrogens is 290 g/mol. The van der Waals surface area contributed by atoms with Crippen LogP contribution < -0.4 is 10.0 Å². The standard InChI is InChI=1S/2C7H18NO.BFO2/c2*1-6-8(3,4)7(2)9-5;2-1(3)4/h2*7H,6H2,1-5H3;/q2*+1;-2. The van der Waals surface area contributed by atoms with Gasteiger partial charge in [0.15, 0.2) is 12.5 Å². The summed E-state index contributed by atoms with van der Waals surface area (Å²) in [5, 5.41) is 16.6. The van der Waals surface area contributed by atoms with Crippen LogP contribution in [-0.2, 0) is 9.47 Å². The summed E-state index contributed by atoms with van der Waals surface area (Å²) in [5.74, 6) is 0. The van der Waals surface area contributed by atoms with Crippen molar-refractivity contribution in [2.75, 3.05) is 55.5 Å². The first-order chi connectivity index (χ1) is 9.82. The molecule has 0 aliphatic rings. The van der Waals surface area contributed by atoms with Gasteiger partial charge in [0.25, 0.3) is 0 Å². The molecule has 0 bridgehead atoms. The van der Waals surface area contributed by atoms with Crippen LogP contribution in [0.4, 0.5) is 4.32 Å². The lowest BCUT2D eigenvalue weighted by atomic mass is 10.3. The van der Waals surface area contributed by atoms with Crippen molar-refractivity contribution in [3.05, 3.63) is 0 Å². The number of hydrogen-bond acceptors (Lipinski definition) is 4. The highest BCUT2D eigenvalue weighted by molar-refractivity contribution is 6.27. The van der Waals surface area contributed by atoms with Crippen LogP contribution in [0.5, 0.6) is 0 Å². The summed E-state index contributed by atoms with van der Waals surface area (Å²) in [6.45, 7) is 10.7.